The van der Waals surface area contributed by atoms with E-state index in [4.69, 9.17) is 25.8 Å². The van der Waals surface area contributed by atoms with Crippen molar-refractivity contribution in [3.8, 4) is 5.75 Å². The zero-order chi connectivity index (χ0) is 29.1. The van der Waals surface area contributed by atoms with Crippen LogP contribution in [0.2, 0.25) is 5.02 Å². The maximum absolute atomic E-state index is 14.9. The first kappa shape index (κ1) is 29.1. The lowest BCUT2D eigenvalue weighted by Crippen LogP contribution is -2.36. The predicted molar refractivity (Wildman–Crippen MR) is 140 cm³/mol. The maximum atomic E-state index is 14.9. The molecule has 0 unspecified atom stereocenters. The summed E-state index contributed by atoms with van der Waals surface area (Å²) >= 11 is 5.85. The third-order valence-electron chi connectivity index (χ3n) is 6.58. The fourth-order valence-electron chi connectivity index (χ4n) is 4.64. The average Bonchev–Trinajstić information content (AvgIpc) is 3.35. The number of carbonyl (C=O) groups excluding carboxylic acids is 1. The molecule has 0 radical (unpaired) electrons. The summed E-state index contributed by atoms with van der Waals surface area (Å²) in [5.74, 6) is -2.68. The minimum Gasteiger partial charge on any atom is -0.484 e. The van der Waals surface area contributed by atoms with E-state index in [0.29, 0.717) is 37.4 Å². The van der Waals surface area contributed by atoms with Gasteiger partial charge in [-0.25, -0.2) is 18.7 Å². The number of nitrogens with zero attached hydrogens (tertiary/aromatic N) is 3. The maximum Gasteiger partial charge on any atom is 0.422 e. The highest BCUT2D eigenvalue weighted by atomic mass is 35.5. The summed E-state index contributed by atoms with van der Waals surface area (Å²) in [6.45, 7) is 0.540. The number of Topliss-reactive ketones (excluding diaryl/α,β-unsaturated/α-hetero) is 1. The van der Waals surface area contributed by atoms with Gasteiger partial charge in [0, 0.05) is 48.8 Å². The highest BCUT2D eigenvalue weighted by molar-refractivity contribution is 6.31. The molecule has 0 bridgehead atoms. The van der Waals surface area contributed by atoms with Crippen LogP contribution in [0.25, 0.3) is 10.9 Å². The Labute approximate surface area is 236 Å². The van der Waals surface area contributed by atoms with Crippen LogP contribution in [-0.4, -0.2) is 78.5 Å². The van der Waals surface area contributed by atoms with Gasteiger partial charge in [-0.1, -0.05) is 11.6 Å². The second-order valence-corrected chi connectivity index (χ2v) is 9.95. The van der Waals surface area contributed by atoms with E-state index >= 15 is 0 Å². The number of hydrogen-bond donors (Lipinski definition) is 1. The van der Waals surface area contributed by atoms with Crippen molar-refractivity contribution >= 4 is 39.8 Å². The van der Waals surface area contributed by atoms with E-state index in [-0.39, 0.29) is 46.4 Å². The van der Waals surface area contributed by atoms with E-state index in [1.54, 1.807) is 0 Å². The lowest BCUT2D eigenvalue weighted by Gasteiger charge is -2.24. The van der Waals surface area contributed by atoms with Crippen LogP contribution in [0.1, 0.15) is 5.56 Å². The first-order chi connectivity index (χ1) is 19.6. The quantitative estimate of drug-likeness (QED) is 0.267. The van der Waals surface area contributed by atoms with Gasteiger partial charge >= 0.3 is 6.18 Å². The normalized spacial score (nSPS) is 19.8. The highest BCUT2D eigenvalue weighted by Crippen LogP contribution is 2.32. The van der Waals surface area contributed by atoms with E-state index in [0.717, 1.165) is 12.1 Å². The lowest BCUT2D eigenvalue weighted by molar-refractivity contribution is -0.153. The fraction of sp³-hybridized carbons (Fsp3) is 0.370. The minimum absolute atomic E-state index is 0.000666. The molecule has 2 fully saturated rings. The van der Waals surface area contributed by atoms with Gasteiger partial charge in [-0.05, 0) is 30.3 Å². The van der Waals surface area contributed by atoms with Crippen LogP contribution >= 0.6 is 11.6 Å². The van der Waals surface area contributed by atoms with Gasteiger partial charge in [-0.15, -0.1) is 0 Å². The zero-order valence-electron chi connectivity index (χ0n) is 21.4. The standard InChI is InChI=1S/C27H24ClF5N4O4/c28-18-9-16(1-2-19(18)29)36-26-17-7-15(23(41-13-27(31,32)33)10-21(17)34-14-35-26)8-22(38)20(30)3-4-37-11-24-25(12-37)40-6-5-39-24/h1-3,7,9-10,14,24-25H,4-6,8,11-13H2,(H,34,35,36)/b20-3+/t24-,25-/m0/s1. The SMILES string of the molecule is O=C(Cc1cc2c(Nc3ccc(F)c(Cl)c3)ncnc2cc1OCC(F)(F)F)/C(F)=C\CN1C[C@@H]2OCCO[C@H]2C1. The Kier molecular flexibility index (Phi) is 8.68. The molecule has 0 spiro atoms. The molecule has 14 heteroatoms. The molecule has 2 aliphatic heterocycles. The first-order valence-corrected chi connectivity index (χ1v) is 13.0. The molecule has 0 aliphatic carbocycles. The van der Waals surface area contributed by atoms with Crippen molar-refractivity contribution in [3.63, 3.8) is 0 Å². The molecule has 5 rings (SSSR count). The summed E-state index contributed by atoms with van der Waals surface area (Å²) in [4.78, 5) is 22.9. The Bertz CT molecular complexity index is 1460. The van der Waals surface area contributed by atoms with E-state index in [2.05, 4.69) is 15.3 Å². The van der Waals surface area contributed by atoms with Crippen LogP contribution in [-0.2, 0) is 20.7 Å². The van der Waals surface area contributed by atoms with E-state index < -0.39 is 36.6 Å². The summed E-state index contributed by atoms with van der Waals surface area (Å²) in [5.41, 5.74) is 0.567. The number of alkyl halides is 3. The number of allylic oxidation sites excluding steroid dienone is 1. The van der Waals surface area contributed by atoms with Crippen molar-refractivity contribution in [3.05, 3.63) is 65.0 Å². The molecule has 3 heterocycles. The Morgan fingerprint density at radius 1 is 1.15 bits per heavy atom. The number of ketones is 1. The van der Waals surface area contributed by atoms with Gasteiger partial charge in [0.15, 0.2) is 18.2 Å². The van der Waals surface area contributed by atoms with Crippen molar-refractivity contribution in [2.24, 2.45) is 0 Å². The van der Waals surface area contributed by atoms with Crippen molar-refractivity contribution in [1.82, 2.24) is 14.9 Å². The third kappa shape index (κ3) is 7.28. The summed E-state index contributed by atoms with van der Waals surface area (Å²) in [6, 6.07) is 6.46. The van der Waals surface area contributed by atoms with Gasteiger partial charge in [-0.3, -0.25) is 9.69 Å². The largest absolute Gasteiger partial charge is 0.484 e. The van der Waals surface area contributed by atoms with Crippen LogP contribution in [0.4, 0.5) is 33.5 Å². The molecule has 1 N–H and O–H groups in total. The molecule has 2 aliphatic rings. The van der Waals surface area contributed by atoms with Crippen molar-refractivity contribution in [2.75, 3.05) is 44.8 Å². The van der Waals surface area contributed by atoms with Gasteiger partial charge in [0.1, 0.15) is 23.7 Å². The molecule has 2 aromatic carbocycles. The van der Waals surface area contributed by atoms with E-state index in [1.165, 1.54) is 30.6 Å². The number of ether oxygens (including phenoxy) is 3. The number of hydrogen-bond acceptors (Lipinski definition) is 8. The second kappa shape index (κ2) is 12.2. The number of anilines is 2. The number of carbonyl (C=O) groups is 1. The number of likely N-dealkylation sites (tertiary alicyclic amines) is 1. The Morgan fingerprint density at radius 2 is 1.88 bits per heavy atom. The smallest absolute Gasteiger partial charge is 0.422 e. The summed E-state index contributed by atoms with van der Waals surface area (Å²) in [5, 5.41) is 3.11. The number of fused-ring (bicyclic) bond motifs is 2. The molecule has 41 heavy (non-hydrogen) atoms. The Hall–Kier alpha value is -3.39. The first-order valence-electron chi connectivity index (χ1n) is 12.6. The zero-order valence-corrected chi connectivity index (χ0v) is 22.1. The predicted octanol–water partition coefficient (Wildman–Crippen LogP) is 5.17. The molecule has 2 atom stereocenters. The monoisotopic (exact) mass is 598 g/mol. The topological polar surface area (TPSA) is 85.8 Å². The summed E-state index contributed by atoms with van der Waals surface area (Å²) in [7, 11) is 0. The van der Waals surface area contributed by atoms with E-state index in [9.17, 15) is 26.7 Å². The Balaban J connectivity index is 1.38. The molecule has 0 saturated carbocycles. The van der Waals surface area contributed by atoms with Crippen molar-refractivity contribution in [2.45, 2.75) is 24.8 Å². The minimum atomic E-state index is -4.65. The van der Waals surface area contributed by atoms with Crippen LogP contribution in [0.3, 0.4) is 0 Å². The average molecular weight is 599 g/mol. The second-order valence-electron chi connectivity index (χ2n) is 9.55. The summed E-state index contributed by atoms with van der Waals surface area (Å²) < 4.78 is 83.6. The lowest BCUT2D eigenvalue weighted by atomic mass is 10.0. The number of rotatable bonds is 9. The summed E-state index contributed by atoms with van der Waals surface area (Å²) in [6.07, 6.45) is -3.16. The van der Waals surface area contributed by atoms with Crippen LogP contribution < -0.4 is 10.1 Å². The highest BCUT2D eigenvalue weighted by Gasteiger charge is 2.36. The number of aromatic nitrogens is 2. The number of nitrogens with one attached hydrogen (secondary N) is 1. The molecule has 2 saturated heterocycles. The van der Waals surface area contributed by atoms with Gasteiger partial charge < -0.3 is 19.5 Å². The van der Waals surface area contributed by atoms with Crippen LogP contribution in [0.15, 0.2) is 48.6 Å². The molecule has 218 valence electrons. The molecular weight excluding hydrogens is 575 g/mol. The molecule has 3 aromatic rings. The number of benzene rings is 2. The van der Waals surface area contributed by atoms with E-state index in [1.807, 2.05) is 4.90 Å². The van der Waals surface area contributed by atoms with Gasteiger partial charge in [0.25, 0.3) is 0 Å². The molecular formula is C27H24ClF5N4O4. The Morgan fingerprint density at radius 3 is 2.56 bits per heavy atom. The van der Waals surface area contributed by atoms with Crippen molar-refractivity contribution < 1.29 is 41.0 Å². The van der Waals surface area contributed by atoms with Crippen LogP contribution in [0, 0.1) is 5.82 Å². The molecule has 0 amide bonds. The third-order valence-corrected chi connectivity index (χ3v) is 6.87. The number of halogens is 6. The molecule has 8 nitrogen and oxygen atoms in total. The molecule has 1 aromatic heterocycles. The van der Waals surface area contributed by atoms with Gasteiger partial charge in [0.2, 0.25) is 0 Å². The van der Waals surface area contributed by atoms with Crippen LogP contribution in [0.5, 0.6) is 5.75 Å². The van der Waals surface area contributed by atoms with Crippen molar-refractivity contribution in [1.29, 1.82) is 0 Å². The fourth-order valence-corrected chi connectivity index (χ4v) is 4.82. The van der Waals surface area contributed by atoms with Gasteiger partial charge in [0.05, 0.1) is 36.0 Å². The van der Waals surface area contributed by atoms with Gasteiger partial charge in [-0.2, -0.15) is 13.2 Å².